The van der Waals surface area contributed by atoms with Crippen molar-refractivity contribution in [2.45, 2.75) is 137 Å². The zero-order valence-electron chi connectivity index (χ0n) is 26.0. The lowest BCUT2D eigenvalue weighted by Crippen LogP contribution is -2.37. The molecule has 40 heavy (non-hydrogen) atoms. The largest absolute Gasteiger partial charge is 0.286 e. The van der Waals surface area contributed by atoms with E-state index in [1.807, 2.05) is 27.7 Å². The predicted molar refractivity (Wildman–Crippen MR) is 175 cm³/mol. The van der Waals surface area contributed by atoms with E-state index in [0.717, 1.165) is 35.7 Å². The van der Waals surface area contributed by atoms with Crippen LogP contribution in [0.5, 0.6) is 0 Å². The summed E-state index contributed by atoms with van der Waals surface area (Å²) in [5.41, 5.74) is 3.30. The third-order valence-corrected chi connectivity index (χ3v) is 9.47. The fourth-order valence-corrected chi connectivity index (χ4v) is 7.23. The van der Waals surface area contributed by atoms with E-state index in [9.17, 15) is 9.59 Å². The molecular weight excluding hydrogens is 533 g/mol. The Labute approximate surface area is 253 Å². The number of hydrogen-bond donors (Lipinski definition) is 0. The molecule has 2 heterocycles. The van der Waals surface area contributed by atoms with Crippen molar-refractivity contribution >= 4 is 39.5 Å². The summed E-state index contributed by atoms with van der Waals surface area (Å²) in [4.78, 5) is 31.2. The summed E-state index contributed by atoms with van der Waals surface area (Å²) in [6, 6.07) is 4.15. The van der Waals surface area contributed by atoms with Gasteiger partial charge in [0.15, 0.2) is 17.5 Å². The second-order valence-electron chi connectivity index (χ2n) is 11.2. The van der Waals surface area contributed by atoms with Gasteiger partial charge in [-0.1, -0.05) is 121 Å². The molecule has 0 aliphatic carbocycles. The van der Waals surface area contributed by atoms with Gasteiger partial charge in [0.2, 0.25) is 5.12 Å². The van der Waals surface area contributed by atoms with Gasteiger partial charge in [-0.3, -0.25) is 14.6 Å². The van der Waals surface area contributed by atoms with Crippen LogP contribution in [0.3, 0.4) is 0 Å². The van der Waals surface area contributed by atoms with Crippen molar-refractivity contribution in [3.63, 3.8) is 0 Å². The number of carbonyl (C=O) groups excluding carboxylic acids is 2. The lowest BCUT2D eigenvalue weighted by atomic mass is 9.77. The Morgan fingerprint density at radius 2 is 1.35 bits per heavy atom. The number of aromatic nitrogens is 1. The number of aliphatic imine (C=N–C) groups is 1. The van der Waals surface area contributed by atoms with Crippen molar-refractivity contribution in [2.75, 3.05) is 11.5 Å². The van der Waals surface area contributed by atoms with Crippen LogP contribution in [0.15, 0.2) is 40.8 Å². The van der Waals surface area contributed by atoms with Crippen LogP contribution in [0.1, 0.15) is 136 Å². The quantitative estimate of drug-likeness (QED) is 0.113. The standard InChI is InChI=1S/C34H55N2O2S2/c1-6-9-10-11-12-13-14-15-16-17-18-19-20-21-24-36-25-22-23-29(26-36)32-30(33(37)39-7-2)27(4)35-28(5)31(32)34(38)40-8-3/h22-23,25-26,30,32H,6-21,24H2,1-5H3/q+1. The Bertz CT molecular complexity index is 972. The van der Waals surface area contributed by atoms with Crippen LogP contribution in [-0.4, -0.2) is 27.4 Å². The van der Waals surface area contributed by atoms with Crippen LogP contribution in [0, 0.1) is 5.92 Å². The normalized spacial score (nSPS) is 17.3. The van der Waals surface area contributed by atoms with Gasteiger partial charge in [0.25, 0.3) is 0 Å². The van der Waals surface area contributed by atoms with Gasteiger partial charge in [0, 0.05) is 41.0 Å². The molecule has 0 N–H and O–H groups in total. The third kappa shape index (κ3) is 11.8. The molecule has 0 aromatic carbocycles. The summed E-state index contributed by atoms with van der Waals surface area (Å²) in [7, 11) is 0. The molecular formula is C34H55N2O2S2+. The van der Waals surface area contributed by atoms with Gasteiger partial charge >= 0.3 is 0 Å². The molecule has 6 heteroatoms. The molecule has 0 saturated carbocycles. The Kier molecular flexibility index (Phi) is 17.8. The average Bonchev–Trinajstić information content (AvgIpc) is 2.93. The third-order valence-electron chi connectivity index (χ3n) is 7.87. The summed E-state index contributed by atoms with van der Waals surface area (Å²) in [5.74, 6) is 0.751. The molecule has 0 radical (unpaired) electrons. The topological polar surface area (TPSA) is 50.4 Å². The first-order valence-corrected chi connectivity index (χ1v) is 18.0. The fourth-order valence-electron chi connectivity index (χ4n) is 5.76. The summed E-state index contributed by atoms with van der Waals surface area (Å²) in [5, 5.41) is 0.151. The molecule has 0 bridgehead atoms. The molecule has 2 rings (SSSR count). The van der Waals surface area contributed by atoms with Crippen LogP contribution >= 0.6 is 23.5 Å². The molecule has 0 spiro atoms. The van der Waals surface area contributed by atoms with Crippen molar-refractivity contribution in [1.29, 1.82) is 0 Å². The first-order chi connectivity index (χ1) is 19.4. The zero-order chi connectivity index (χ0) is 29.2. The summed E-state index contributed by atoms with van der Waals surface area (Å²) in [6.45, 7) is 11.1. The first-order valence-electron chi connectivity index (χ1n) is 16.0. The average molecular weight is 588 g/mol. The SMILES string of the molecule is CCCCCCCCCCCCCCCC[n+]1cccc(C2C(C(=O)SCC)=C(C)N=C(C)C2C(=O)SCC)c1. The highest BCUT2D eigenvalue weighted by atomic mass is 32.2. The number of rotatable bonds is 20. The number of unbranched alkanes of at least 4 members (excludes halogenated alkanes) is 13. The molecule has 0 amide bonds. The van der Waals surface area contributed by atoms with E-state index in [1.165, 1.54) is 107 Å². The minimum atomic E-state index is -0.401. The second-order valence-corrected chi connectivity index (χ2v) is 13.7. The maximum absolute atomic E-state index is 13.3. The van der Waals surface area contributed by atoms with Gasteiger partial charge in [-0.15, -0.1) is 0 Å². The van der Waals surface area contributed by atoms with Gasteiger partial charge in [0.05, 0.1) is 5.92 Å². The predicted octanol–water partition coefficient (Wildman–Crippen LogP) is 9.46. The van der Waals surface area contributed by atoms with Crippen molar-refractivity contribution in [3.05, 3.63) is 41.4 Å². The van der Waals surface area contributed by atoms with Crippen molar-refractivity contribution in [2.24, 2.45) is 10.9 Å². The van der Waals surface area contributed by atoms with Gasteiger partial charge in [-0.2, -0.15) is 0 Å². The highest BCUT2D eigenvalue weighted by Crippen LogP contribution is 2.42. The molecule has 4 nitrogen and oxygen atoms in total. The smallest absolute Gasteiger partial charge is 0.217 e. The highest BCUT2D eigenvalue weighted by Gasteiger charge is 2.41. The van der Waals surface area contributed by atoms with Gasteiger partial charge in [-0.25, -0.2) is 4.57 Å². The Balaban J connectivity index is 1.89. The zero-order valence-corrected chi connectivity index (χ0v) is 27.6. The van der Waals surface area contributed by atoms with E-state index in [0.29, 0.717) is 11.3 Å². The van der Waals surface area contributed by atoms with E-state index in [-0.39, 0.29) is 16.1 Å². The molecule has 2 atom stereocenters. The molecule has 1 aromatic heterocycles. The molecule has 1 aromatic rings. The summed E-state index contributed by atoms with van der Waals surface area (Å²) in [6.07, 6.45) is 23.3. The number of thioether (sulfide) groups is 2. The van der Waals surface area contributed by atoms with E-state index in [2.05, 4.69) is 36.0 Å². The van der Waals surface area contributed by atoms with Crippen LogP contribution in [0.4, 0.5) is 0 Å². The molecule has 2 unspecified atom stereocenters. The lowest BCUT2D eigenvalue weighted by Gasteiger charge is -2.31. The van der Waals surface area contributed by atoms with Gasteiger partial charge in [-0.05, 0) is 37.8 Å². The van der Waals surface area contributed by atoms with E-state index in [4.69, 9.17) is 4.99 Å². The number of nitrogens with zero attached hydrogens (tertiary/aromatic N) is 2. The summed E-state index contributed by atoms with van der Waals surface area (Å²) >= 11 is 2.65. The van der Waals surface area contributed by atoms with Crippen LogP contribution in [0.25, 0.3) is 0 Å². The second kappa shape index (κ2) is 20.5. The minimum absolute atomic E-state index is 0.0444. The minimum Gasteiger partial charge on any atom is -0.286 e. The maximum atomic E-state index is 13.3. The van der Waals surface area contributed by atoms with Crippen molar-refractivity contribution in [1.82, 2.24) is 0 Å². The lowest BCUT2D eigenvalue weighted by molar-refractivity contribution is -0.697. The molecule has 0 fully saturated rings. The molecule has 224 valence electrons. The molecule has 1 aliphatic rings. The van der Waals surface area contributed by atoms with Crippen molar-refractivity contribution < 1.29 is 14.2 Å². The number of hydrogen-bond acceptors (Lipinski definition) is 5. The fraction of sp³-hybridized carbons (Fsp3) is 0.706. The number of aryl methyl sites for hydroxylation is 1. The van der Waals surface area contributed by atoms with Gasteiger partial charge < -0.3 is 0 Å². The Morgan fingerprint density at radius 3 is 1.90 bits per heavy atom. The van der Waals surface area contributed by atoms with Crippen LogP contribution in [-0.2, 0) is 16.1 Å². The highest BCUT2D eigenvalue weighted by molar-refractivity contribution is 8.14. The van der Waals surface area contributed by atoms with E-state index < -0.39 is 5.92 Å². The molecule has 1 aliphatic heterocycles. The van der Waals surface area contributed by atoms with Crippen LogP contribution in [0.2, 0.25) is 0 Å². The van der Waals surface area contributed by atoms with E-state index >= 15 is 0 Å². The first kappa shape index (κ1) is 34.8. The number of pyridine rings is 1. The maximum Gasteiger partial charge on any atom is 0.217 e. The number of allylic oxidation sites excluding steroid dienone is 1. The monoisotopic (exact) mass is 587 g/mol. The number of carbonyl (C=O) groups is 2. The molecule has 0 saturated heterocycles. The van der Waals surface area contributed by atoms with Crippen molar-refractivity contribution in [3.8, 4) is 0 Å². The van der Waals surface area contributed by atoms with Crippen LogP contribution < -0.4 is 4.57 Å². The van der Waals surface area contributed by atoms with E-state index in [1.54, 1.807) is 0 Å². The Hall–Kier alpha value is -1.40. The van der Waals surface area contributed by atoms with Gasteiger partial charge in [0.1, 0.15) is 6.54 Å². The summed E-state index contributed by atoms with van der Waals surface area (Å²) < 4.78 is 2.25. The Morgan fingerprint density at radius 1 is 0.800 bits per heavy atom.